The molecule has 0 aromatic heterocycles. The molecule has 1 aromatic carbocycles. The first kappa shape index (κ1) is 34.6. The van der Waals surface area contributed by atoms with Crippen molar-refractivity contribution >= 4 is 17.9 Å². The molecule has 1 saturated carbocycles. The first-order chi connectivity index (χ1) is 19.3. The van der Waals surface area contributed by atoms with Gasteiger partial charge in [-0.3, -0.25) is 9.59 Å². The van der Waals surface area contributed by atoms with Crippen LogP contribution in [0.4, 0.5) is 4.79 Å². The number of ether oxygens (including phenoxy) is 1. The molecule has 1 aliphatic rings. The number of carbonyl (C=O) groups excluding carboxylic acids is 3. The molecule has 1 fully saturated rings. The van der Waals surface area contributed by atoms with Crippen molar-refractivity contribution in [2.45, 2.75) is 150 Å². The quantitative estimate of drug-likeness (QED) is 0.226. The summed E-state index contributed by atoms with van der Waals surface area (Å²) in [6.45, 7) is 15.9. The maximum absolute atomic E-state index is 14.4. The predicted octanol–water partition coefficient (Wildman–Crippen LogP) is 7.53. The van der Waals surface area contributed by atoms with Gasteiger partial charge in [-0.2, -0.15) is 0 Å². The highest BCUT2D eigenvalue weighted by atomic mass is 16.6. The Labute approximate surface area is 249 Å². The van der Waals surface area contributed by atoms with Gasteiger partial charge in [-0.05, 0) is 70.9 Å². The topological polar surface area (TPSA) is 87.7 Å². The smallest absolute Gasteiger partial charge is 0.408 e. The number of hydrogen-bond acceptors (Lipinski definition) is 4. The highest BCUT2D eigenvalue weighted by Gasteiger charge is 2.38. The lowest BCUT2D eigenvalue weighted by molar-refractivity contribution is -0.143. The Morgan fingerprint density at radius 2 is 1.61 bits per heavy atom. The predicted molar refractivity (Wildman–Crippen MR) is 167 cm³/mol. The van der Waals surface area contributed by atoms with Crippen molar-refractivity contribution < 1.29 is 19.1 Å². The van der Waals surface area contributed by atoms with Crippen LogP contribution in [-0.4, -0.2) is 47.0 Å². The summed E-state index contributed by atoms with van der Waals surface area (Å²) in [5.74, 6) is -0.575. The lowest BCUT2D eigenvalue weighted by atomic mass is 9.92. The van der Waals surface area contributed by atoms with E-state index < -0.39 is 23.8 Å². The Morgan fingerprint density at radius 3 is 2.20 bits per heavy atom. The summed E-state index contributed by atoms with van der Waals surface area (Å²) in [4.78, 5) is 43.1. The SMILES string of the molecule is CCCCCCCCN(C(=O)C(NC(=O)OC(C)(C)C)C(C)C)C(C(=O)NC1CCCCC1)c1ccc(C)cc1C. The van der Waals surface area contributed by atoms with Crippen LogP contribution in [0, 0.1) is 19.8 Å². The zero-order chi connectivity index (χ0) is 30.6. The summed E-state index contributed by atoms with van der Waals surface area (Å²) < 4.78 is 5.51. The fourth-order valence-electron chi connectivity index (χ4n) is 5.67. The molecule has 41 heavy (non-hydrogen) atoms. The number of benzene rings is 1. The third-order valence-electron chi connectivity index (χ3n) is 7.87. The Hall–Kier alpha value is -2.57. The van der Waals surface area contributed by atoms with Gasteiger partial charge in [0.15, 0.2) is 0 Å². The van der Waals surface area contributed by atoms with E-state index in [0.717, 1.165) is 61.6 Å². The molecule has 0 aliphatic heterocycles. The van der Waals surface area contributed by atoms with Gasteiger partial charge in [-0.25, -0.2) is 4.79 Å². The van der Waals surface area contributed by atoms with Gasteiger partial charge in [0.2, 0.25) is 11.8 Å². The second-order valence-electron chi connectivity index (χ2n) is 13.3. The van der Waals surface area contributed by atoms with E-state index in [9.17, 15) is 14.4 Å². The monoisotopic (exact) mass is 571 g/mol. The van der Waals surface area contributed by atoms with Gasteiger partial charge >= 0.3 is 6.09 Å². The van der Waals surface area contributed by atoms with E-state index in [-0.39, 0.29) is 23.8 Å². The number of alkyl carbamates (subject to hydrolysis) is 1. The number of hydrogen-bond donors (Lipinski definition) is 2. The minimum absolute atomic E-state index is 0.122. The van der Waals surface area contributed by atoms with Crippen molar-refractivity contribution in [3.05, 3.63) is 34.9 Å². The molecule has 2 unspecified atom stereocenters. The van der Waals surface area contributed by atoms with E-state index in [4.69, 9.17) is 4.74 Å². The summed E-state index contributed by atoms with van der Waals surface area (Å²) in [7, 11) is 0. The zero-order valence-corrected chi connectivity index (χ0v) is 27.1. The van der Waals surface area contributed by atoms with Gasteiger partial charge in [0, 0.05) is 12.6 Å². The summed E-state index contributed by atoms with van der Waals surface area (Å²) in [5.41, 5.74) is 2.24. The fraction of sp³-hybridized carbons (Fsp3) is 0.735. The van der Waals surface area contributed by atoms with E-state index in [0.29, 0.717) is 6.54 Å². The van der Waals surface area contributed by atoms with Crippen LogP contribution in [0.25, 0.3) is 0 Å². The maximum Gasteiger partial charge on any atom is 0.408 e. The lowest BCUT2D eigenvalue weighted by Gasteiger charge is -2.37. The molecule has 7 nitrogen and oxygen atoms in total. The molecule has 0 radical (unpaired) electrons. The third-order valence-corrected chi connectivity index (χ3v) is 7.87. The molecule has 2 N–H and O–H groups in total. The van der Waals surface area contributed by atoms with E-state index in [2.05, 4.69) is 23.6 Å². The number of nitrogens with one attached hydrogen (secondary N) is 2. The highest BCUT2D eigenvalue weighted by molar-refractivity contribution is 5.92. The molecule has 2 atom stereocenters. The van der Waals surface area contributed by atoms with Crippen molar-refractivity contribution in [2.24, 2.45) is 5.92 Å². The Morgan fingerprint density at radius 1 is 0.976 bits per heavy atom. The van der Waals surface area contributed by atoms with Gasteiger partial charge in [0.25, 0.3) is 0 Å². The van der Waals surface area contributed by atoms with Gasteiger partial charge in [0.1, 0.15) is 17.7 Å². The van der Waals surface area contributed by atoms with E-state index in [1.807, 2.05) is 39.8 Å². The van der Waals surface area contributed by atoms with Crippen LogP contribution in [0.5, 0.6) is 0 Å². The summed E-state index contributed by atoms with van der Waals surface area (Å²) >= 11 is 0. The van der Waals surface area contributed by atoms with Crippen LogP contribution in [0.1, 0.15) is 135 Å². The van der Waals surface area contributed by atoms with Gasteiger partial charge in [-0.15, -0.1) is 0 Å². The van der Waals surface area contributed by atoms with Crippen LogP contribution < -0.4 is 10.6 Å². The molecule has 0 heterocycles. The summed E-state index contributed by atoms with van der Waals surface area (Å²) in [5, 5.41) is 6.15. The average Bonchev–Trinajstić information content (AvgIpc) is 2.88. The number of unbranched alkanes of at least 4 members (excludes halogenated alkanes) is 5. The molecule has 0 bridgehead atoms. The van der Waals surface area contributed by atoms with Crippen molar-refractivity contribution in [1.29, 1.82) is 0 Å². The number of rotatable bonds is 14. The normalized spacial score (nSPS) is 15.7. The first-order valence-electron chi connectivity index (χ1n) is 16.0. The van der Waals surface area contributed by atoms with Crippen LogP contribution >= 0.6 is 0 Å². The molecule has 0 spiro atoms. The molecular weight excluding hydrogens is 514 g/mol. The number of nitrogens with zero attached hydrogens (tertiary/aromatic N) is 1. The second kappa shape index (κ2) is 16.8. The van der Waals surface area contributed by atoms with Gasteiger partial charge < -0.3 is 20.3 Å². The average molecular weight is 572 g/mol. The molecule has 232 valence electrons. The first-order valence-corrected chi connectivity index (χ1v) is 16.0. The minimum Gasteiger partial charge on any atom is -0.444 e. The summed E-state index contributed by atoms with van der Waals surface area (Å²) in [6.07, 6.45) is 11.1. The summed E-state index contributed by atoms with van der Waals surface area (Å²) in [6, 6.07) is 4.60. The second-order valence-corrected chi connectivity index (χ2v) is 13.3. The third kappa shape index (κ3) is 11.7. The molecule has 7 heteroatoms. The minimum atomic E-state index is -0.819. The molecule has 0 saturated heterocycles. The van der Waals surface area contributed by atoms with Crippen molar-refractivity contribution in [2.75, 3.05) is 6.54 Å². The molecule has 3 amide bonds. The molecular formula is C34H57N3O4. The van der Waals surface area contributed by atoms with Crippen molar-refractivity contribution in [3.63, 3.8) is 0 Å². The Balaban J connectivity index is 2.47. The zero-order valence-electron chi connectivity index (χ0n) is 27.1. The van der Waals surface area contributed by atoms with E-state index in [1.165, 1.54) is 25.7 Å². The molecule has 1 aliphatic carbocycles. The number of aryl methyl sites for hydroxylation is 2. The maximum atomic E-state index is 14.4. The van der Waals surface area contributed by atoms with Crippen LogP contribution in [0.2, 0.25) is 0 Å². The van der Waals surface area contributed by atoms with Gasteiger partial charge in [-0.1, -0.05) is 95.9 Å². The van der Waals surface area contributed by atoms with Crippen LogP contribution in [-0.2, 0) is 14.3 Å². The lowest BCUT2D eigenvalue weighted by Crippen LogP contribution is -2.55. The largest absolute Gasteiger partial charge is 0.444 e. The molecule has 1 aromatic rings. The number of amides is 3. The van der Waals surface area contributed by atoms with Crippen LogP contribution in [0.15, 0.2) is 18.2 Å². The van der Waals surface area contributed by atoms with Gasteiger partial charge in [0.05, 0.1) is 0 Å². The molecule has 2 rings (SSSR count). The van der Waals surface area contributed by atoms with Crippen molar-refractivity contribution in [1.82, 2.24) is 15.5 Å². The van der Waals surface area contributed by atoms with Crippen LogP contribution in [0.3, 0.4) is 0 Å². The highest BCUT2D eigenvalue weighted by Crippen LogP contribution is 2.29. The van der Waals surface area contributed by atoms with E-state index in [1.54, 1.807) is 25.7 Å². The standard InChI is InChI=1S/C34H57N3O4/c1-9-10-11-12-13-17-22-37(32(39)29(24(2)3)36-33(40)41-34(6,7)8)30(28-21-20-25(4)23-26(28)5)31(38)35-27-18-15-14-16-19-27/h20-21,23-24,27,29-30H,9-19,22H2,1-8H3,(H,35,38)(H,36,40). The van der Waals surface area contributed by atoms with Crippen molar-refractivity contribution in [3.8, 4) is 0 Å². The van der Waals surface area contributed by atoms with E-state index >= 15 is 0 Å². The number of carbonyl (C=O) groups is 3. The Bertz CT molecular complexity index is 979. The Kier molecular flexibility index (Phi) is 14.2. The fourth-order valence-corrected chi connectivity index (χ4v) is 5.67.